The molecule has 0 aliphatic carbocycles. The number of nitrogens with one attached hydrogen (secondary N) is 1. The van der Waals surface area contributed by atoms with Crippen molar-refractivity contribution in [2.24, 2.45) is 5.73 Å². The number of halogens is 1. The average molecular weight is 355 g/mol. The lowest BCUT2D eigenvalue weighted by atomic mass is 9.91. The molecule has 2 atom stereocenters. The van der Waals surface area contributed by atoms with E-state index in [1.165, 1.54) is 19.1 Å². The van der Waals surface area contributed by atoms with E-state index in [0.29, 0.717) is 12.0 Å². The average Bonchev–Trinajstić information content (AvgIpc) is 2.56. The fourth-order valence-electron chi connectivity index (χ4n) is 3.62. The molecule has 3 rings (SSSR count). The Balaban J connectivity index is 1.98. The van der Waals surface area contributed by atoms with Crippen LogP contribution in [0.5, 0.6) is 0 Å². The Morgan fingerprint density at radius 3 is 2.58 bits per heavy atom. The molecular weight excluding hydrogens is 333 g/mol. The van der Waals surface area contributed by atoms with Crippen molar-refractivity contribution >= 4 is 23.2 Å². The summed E-state index contributed by atoms with van der Waals surface area (Å²) in [6.07, 6.45) is 0.646. The molecule has 1 aliphatic heterocycles. The number of primary amides is 1. The highest BCUT2D eigenvalue weighted by Gasteiger charge is 2.32. The molecule has 1 heterocycles. The van der Waals surface area contributed by atoms with Gasteiger partial charge in [0.05, 0.1) is 6.04 Å². The molecule has 1 aliphatic rings. The van der Waals surface area contributed by atoms with Crippen LogP contribution in [-0.2, 0) is 4.79 Å². The minimum absolute atomic E-state index is 0.0202. The van der Waals surface area contributed by atoms with Gasteiger partial charge in [0, 0.05) is 35.5 Å². The van der Waals surface area contributed by atoms with Crippen molar-refractivity contribution in [3.63, 3.8) is 0 Å². The second-order valence-corrected chi connectivity index (χ2v) is 6.77. The highest BCUT2D eigenvalue weighted by atomic mass is 19.1. The fraction of sp³-hybridized carbons (Fsp3) is 0.300. The lowest BCUT2D eigenvalue weighted by Gasteiger charge is -2.39. The largest absolute Gasteiger partial charge is 0.378 e. The molecule has 2 unspecified atom stereocenters. The van der Waals surface area contributed by atoms with E-state index in [1.807, 2.05) is 13.8 Å². The van der Waals surface area contributed by atoms with Crippen molar-refractivity contribution in [3.8, 4) is 0 Å². The van der Waals surface area contributed by atoms with Gasteiger partial charge < -0.3 is 16.0 Å². The van der Waals surface area contributed by atoms with E-state index >= 15 is 0 Å². The quantitative estimate of drug-likeness (QED) is 0.884. The smallest absolute Gasteiger partial charge is 0.248 e. The minimum atomic E-state index is -0.476. The topological polar surface area (TPSA) is 75.4 Å². The number of fused-ring (bicyclic) bond motifs is 1. The first-order valence-electron chi connectivity index (χ1n) is 8.54. The van der Waals surface area contributed by atoms with Gasteiger partial charge in [-0.3, -0.25) is 9.59 Å². The molecule has 26 heavy (non-hydrogen) atoms. The molecule has 0 saturated heterocycles. The normalized spacial score (nSPS) is 19.0. The number of nitrogens with zero attached hydrogens (tertiary/aromatic N) is 1. The second-order valence-electron chi connectivity index (χ2n) is 6.77. The fourth-order valence-corrected chi connectivity index (χ4v) is 3.62. The van der Waals surface area contributed by atoms with Gasteiger partial charge in [-0.25, -0.2) is 4.39 Å². The molecule has 0 radical (unpaired) electrons. The maximum Gasteiger partial charge on any atom is 0.248 e. The minimum Gasteiger partial charge on any atom is -0.378 e. The Morgan fingerprint density at radius 1 is 1.23 bits per heavy atom. The molecule has 2 aromatic carbocycles. The van der Waals surface area contributed by atoms with Gasteiger partial charge in [0.1, 0.15) is 5.82 Å². The van der Waals surface area contributed by atoms with Crippen LogP contribution < -0.4 is 16.0 Å². The molecule has 0 spiro atoms. The first kappa shape index (κ1) is 17.9. The number of nitrogens with two attached hydrogens (primary N) is 1. The SMILES string of the molecule is CC(=O)N1c2ccc(F)cc2C(Nc2ccc(C(N)=O)cc2C)CC1C. The van der Waals surface area contributed by atoms with Crippen LogP contribution in [0.4, 0.5) is 15.8 Å². The second kappa shape index (κ2) is 6.78. The van der Waals surface area contributed by atoms with E-state index in [4.69, 9.17) is 5.73 Å². The van der Waals surface area contributed by atoms with Gasteiger partial charge in [0.15, 0.2) is 0 Å². The Hall–Kier alpha value is -2.89. The van der Waals surface area contributed by atoms with Crippen molar-refractivity contribution < 1.29 is 14.0 Å². The van der Waals surface area contributed by atoms with Crippen LogP contribution in [0.25, 0.3) is 0 Å². The van der Waals surface area contributed by atoms with Gasteiger partial charge in [0.2, 0.25) is 11.8 Å². The number of carbonyl (C=O) groups is 2. The van der Waals surface area contributed by atoms with E-state index in [-0.39, 0.29) is 23.8 Å². The molecular formula is C20H22FN3O2. The summed E-state index contributed by atoms with van der Waals surface area (Å²) in [4.78, 5) is 25.1. The van der Waals surface area contributed by atoms with Crippen molar-refractivity contribution in [3.05, 3.63) is 58.9 Å². The van der Waals surface area contributed by atoms with E-state index < -0.39 is 5.91 Å². The molecule has 5 nitrogen and oxygen atoms in total. The van der Waals surface area contributed by atoms with Crippen molar-refractivity contribution in [1.82, 2.24) is 0 Å². The lowest BCUT2D eigenvalue weighted by molar-refractivity contribution is -0.117. The van der Waals surface area contributed by atoms with Crippen LogP contribution in [0.2, 0.25) is 0 Å². The van der Waals surface area contributed by atoms with Gasteiger partial charge in [-0.15, -0.1) is 0 Å². The molecule has 0 bridgehead atoms. The number of hydrogen-bond donors (Lipinski definition) is 2. The molecule has 136 valence electrons. The number of aryl methyl sites for hydroxylation is 1. The zero-order valence-electron chi connectivity index (χ0n) is 15.0. The summed E-state index contributed by atoms with van der Waals surface area (Å²) in [5.74, 6) is -0.879. The Labute approximate surface area is 152 Å². The van der Waals surface area contributed by atoms with Gasteiger partial charge in [-0.1, -0.05) is 0 Å². The molecule has 3 N–H and O–H groups in total. The Morgan fingerprint density at radius 2 is 1.96 bits per heavy atom. The zero-order chi connectivity index (χ0) is 19.0. The zero-order valence-corrected chi connectivity index (χ0v) is 15.0. The van der Waals surface area contributed by atoms with Crippen molar-refractivity contribution in [2.45, 2.75) is 39.3 Å². The number of amides is 2. The van der Waals surface area contributed by atoms with Gasteiger partial charge in [0.25, 0.3) is 0 Å². The van der Waals surface area contributed by atoms with Crippen LogP contribution in [0.15, 0.2) is 36.4 Å². The summed E-state index contributed by atoms with van der Waals surface area (Å²) in [6.45, 7) is 5.38. The number of anilines is 2. The van der Waals surface area contributed by atoms with Crippen molar-refractivity contribution in [1.29, 1.82) is 0 Å². The van der Waals surface area contributed by atoms with Crippen LogP contribution in [0.1, 0.15) is 47.8 Å². The standard InChI is InChI=1S/C20H22FN3O2/c1-11-8-14(20(22)26)4-6-17(11)23-18-9-12(2)24(13(3)25)19-7-5-15(21)10-16(18)19/h4-8,10,12,18,23H,9H2,1-3H3,(H2,22,26). The summed E-state index contributed by atoms with van der Waals surface area (Å²) in [5, 5.41) is 3.43. The third-order valence-corrected chi connectivity index (χ3v) is 4.82. The molecule has 2 aromatic rings. The summed E-state index contributed by atoms with van der Waals surface area (Å²) in [7, 11) is 0. The summed E-state index contributed by atoms with van der Waals surface area (Å²) >= 11 is 0. The van der Waals surface area contributed by atoms with E-state index in [2.05, 4.69) is 5.32 Å². The maximum absolute atomic E-state index is 13.9. The van der Waals surface area contributed by atoms with Gasteiger partial charge >= 0.3 is 0 Å². The summed E-state index contributed by atoms with van der Waals surface area (Å²) < 4.78 is 13.9. The summed E-state index contributed by atoms with van der Waals surface area (Å²) in [5.41, 5.74) is 8.96. The molecule has 0 aromatic heterocycles. The van der Waals surface area contributed by atoms with E-state index in [1.54, 1.807) is 29.2 Å². The van der Waals surface area contributed by atoms with Crippen molar-refractivity contribution in [2.75, 3.05) is 10.2 Å². The third-order valence-electron chi connectivity index (χ3n) is 4.82. The predicted molar refractivity (Wildman–Crippen MR) is 99.7 cm³/mol. The van der Waals surface area contributed by atoms with Crippen LogP contribution >= 0.6 is 0 Å². The number of carbonyl (C=O) groups excluding carboxylic acids is 2. The van der Waals surface area contributed by atoms with E-state index in [0.717, 1.165) is 22.5 Å². The first-order chi connectivity index (χ1) is 12.3. The van der Waals surface area contributed by atoms with Crippen LogP contribution in [0.3, 0.4) is 0 Å². The highest BCUT2D eigenvalue weighted by Crippen LogP contribution is 2.39. The molecule has 6 heteroatoms. The molecule has 0 saturated carbocycles. The number of hydrogen-bond acceptors (Lipinski definition) is 3. The molecule has 0 fully saturated rings. The predicted octanol–water partition coefficient (Wildman–Crippen LogP) is 3.53. The third kappa shape index (κ3) is 3.27. The van der Waals surface area contributed by atoms with Crippen LogP contribution in [0, 0.1) is 12.7 Å². The Kier molecular flexibility index (Phi) is 4.68. The highest BCUT2D eigenvalue weighted by molar-refractivity contribution is 5.94. The lowest BCUT2D eigenvalue weighted by Crippen LogP contribution is -2.43. The van der Waals surface area contributed by atoms with Crippen LogP contribution in [-0.4, -0.2) is 17.9 Å². The van der Waals surface area contributed by atoms with Gasteiger partial charge in [-0.05, 0) is 62.2 Å². The number of rotatable bonds is 3. The summed E-state index contributed by atoms with van der Waals surface area (Å²) in [6, 6.07) is 9.52. The molecule has 2 amide bonds. The monoisotopic (exact) mass is 355 g/mol. The van der Waals surface area contributed by atoms with E-state index in [9.17, 15) is 14.0 Å². The first-order valence-corrected chi connectivity index (χ1v) is 8.54. The maximum atomic E-state index is 13.9. The number of benzene rings is 2. The van der Waals surface area contributed by atoms with Gasteiger partial charge in [-0.2, -0.15) is 0 Å². The Bertz CT molecular complexity index is 881.